The summed E-state index contributed by atoms with van der Waals surface area (Å²) in [6.45, 7) is 6.95. The Morgan fingerprint density at radius 1 is 0.417 bits per heavy atom. The van der Waals surface area contributed by atoms with Crippen LogP contribution in [0.15, 0.2) is 18.2 Å². The van der Waals surface area contributed by atoms with Gasteiger partial charge in [-0.25, -0.2) is 0 Å². The molecule has 0 aliphatic rings. The van der Waals surface area contributed by atoms with Crippen molar-refractivity contribution in [3.63, 3.8) is 0 Å². The molecule has 2 nitrogen and oxygen atoms in total. The van der Waals surface area contributed by atoms with Crippen molar-refractivity contribution in [2.24, 2.45) is 0 Å². The molecule has 0 fully saturated rings. The van der Waals surface area contributed by atoms with Crippen molar-refractivity contribution in [3.8, 4) is 19.8 Å². The van der Waals surface area contributed by atoms with E-state index in [2.05, 4.69) is 91.3 Å². The molecule has 4 aromatic heterocycles. The minimum atomic E-state index is -2.30. The molecule has 0 amide bonds. The van der Waals surface area contributed by atoms with Gasteiger partial charge >= 0.3 is 363 Å². The summed E-state index contributed by atoms with van der Waals surface area (Å²) < 4.78 is 6.27. The van der Waals surface area contributed by atoms with Crippen LogP contribution in [0, 0.1) is 0 Å². The van der Waals surface area contributed by atoms with E-state index in [1.54, 1.807) is 16.9 Å². The molecule has 0 N–H and O–H groups in total. The van der Waals surface area contributed by atoms with Crippen LogP contribution in [-0.2, 0) is 19.3 Å². The number of nitrogens with zero attached hydrogens (tertiary/aromatic N) is 2. The maximum atomic E-state index is 5.58. The van der Waals surface area contributed by atoms with Crippen LogP contribution in [0.4, 0.5) is 0 Å². The van der Waals surface area contributed by atoms with Crippen molar-refractivity contribution in [2.75, 3.05) is 0 Å². The molecule has 0 saturated heterocycles. The summed E-state index contributed by atoms with van der Waals surface area (Å²) in [5.74, 6) is 0. The Hall–Kier alpha value is -0.00260. The van der Waals surface area contributed by atoms with Crippen LogP contribution in [-0.4, -0.2) is 46.7 Å². The van der Waals surface area contributed by atoms with E-state index in [0.717, 1.165) is 6.42 Å². The summed E-state index contributed by atoms with van der Waals surface area (Å²) in [6, 6.07) is 7.57. The number of rotatable bonds is 31. The normalized spacial score (nSPS) is 12.6. The number of thiophene rings is 2. The average Bonchev–Trinajstić information content (AvgIpc) is 4.02. The third-order valence-corrected chi connectivity index (χ3v) is 36.4. The summed E-state index contributed by atoms with van der Waals surface area (Å²) in [4.78, 5) is 29.6. The van der Waals surface area contributed by atoms with Crippen LogP contribution in [0.1, 0.15) is 192 Å². The van der Waals surface area contributed by atoms with E-state index in [1.165, 1.54) is 213 Å². The summed E-state index contributed by atoms with van der Waals surface area (Å²) in [5.41, 5.74) is 7.26. The quantitative estimate of drug-likeness (QED) is 0.0326. The van der Waals surface area contributed by atoms with Crippen LogP contribution in [0.2, 0.25) is 29.6 Å². The van der Waals surface area contributed by atoms with Crippen molar-refractivity contribution in [3.05, 3.63) is 34.9 Å². The molecule has 0 radical (unpaired) electrons. The van der Waals surface area contributed by atoms with Gasteiger partial charge in [-0.3, -0.25) is 0 Å². The summed E-state index contributed by atoms with van der Waals surface area (Å²) >= 11 is 3.51. The fourth-order valence-corrected chi connectivity index (χ4v) is 27.5. The monoisotopic (exact) mass is 1100 g/mol. The Kier molecular flexibility index (Phi) is 22.3. The van der Waals surface area contributed by atoms with Gasteiger partial charge in [-0.05, 0) is 0 Å². The van der Waals surface area contributed by atoms with Gasteiger partial charge in [0.25, 0.3) is 0 Å². The van der Waals surface area contributed by atoms with Gasteiger partial charge in [0.05, 0.1) is 0 Å². The molecule has 0 unspecified atom stereocenters. The first-order chi connectivity index (χ1) is 28.9. The molecule has 8 heteroatoms. The van der Waals surface area contributed by atoms with Gasteiger partial charge < -0.3 is 0 Å². The van der Waals surface area contributed by atoms with Crippen molar-refractivity contribution in [1.29, 1.82) is 0 Å². The first-order valence-electron chi connectivity index (χ1n) is 24.9. The molecule has 0 aliphatic heterocycles. The second kappa shape index (κ2) is 26.2. The van der Waals surface area contributed by atoms with Crippen LogP contribution in [0.25, 0.3) is 40.2 Å². The van der Waals surface area contributed by atoms with Gasteiger partial charge in [0.15, 0.2) is 0 Å². The van der Waals surface area contributed by atoms with E-state index in [1.807, 2.05) is 22.7 Å². The van der Waals surface area contributed by atoms with E-state index in [0.29, 0.717) is 0 Å². The molecule has 5 aromatic rings. The van der Waals surface area contributed by atoms with Crippen molar-refractivity contribution in [1.82, 2.24) is 9.97 Å². The first-order valence-corrected chi connectivity index (χ1v) is 48.2. The number of benzene rings is 1. The molecule has 334 valence electrons. The third kappa shape index (κ3) is 15.6. The zero-order chi connectivity index (χ0) is 43.0. The van der Waals surface area contributed by atoms with Crippen molar-refractivity contribution >= 4 is 108 Å². The SMILES string of the molecule is CCCCCCCCCCCCc1cc(-c2nc3c(CCCCCC)c4sc(-c5cc(CCCCCCCCCCCC)[c]([Sn]([CH3])([CH3])[CH3])s5)nc4cc3s2)s[c]1[Sn]([CH3])([CH3])[CH3]. The summed E-state index contributed by atoms with van der Waals surface area (Å²) in [6.07, 6.45) is 36.7. The molecule has 4 heterocycles. The fourth-order valence-electron chi connectivity index (χ4n) is 9.01. The van der Waals surface area contributed by atoms with Crippen LogP contribution < -0.4 is 5.79 Å². The van der Waals surface area contributed by atoms with Gasteiger partial charge in [0, 0.05) is 0 Å². The third-order valence-electron chi connectivity index (χ3n) is 12.4. The van der Waals surface area contributed by atoms with Crippen molar-refractivity contribution < 1.29 is 0 Å². The molecule has 1 aromatic carbocycles. The molecule has 0 spiro atoms. The predicted octanol–water partition coefficient (Wildman–Crippen LogP) is 18.5. The van der Waals surface area contributed by atoms with E-state index in [9.17, 15) is 0 Å². The summed E-state index contributed by atoms with van der Waals surface area (Å²) in [5, 5.41) is 2.48. The Morgan fingerprint density at radius 3 is 1.23 bits per heavy atom. The van der Waals surface area contributed by atoms with Crippen LogP contribution >= 0.6 is 45.3 Å². The standard InChI is InChI=1S/C46H66N2S4.6CH3.2Sn/c1-4-7-10-13-15-17-19-21-23-25-28-36-31-41(49-34-36)45-47-39-33-40-43(38(44(39)52-45)30-27-12-9-6-3)48-46(51-40)42-32-37(35-50-42)29-26-24-22-20-18-16-14-11-8-5-2;;;;;;;;/h31-33H,4-30H2,1-3H3;6*1H3;;. The van der Waals surface area contributed by atoms with Gasteiger partial charge in [-0.15, -0.1) is 0 Å². The molecular formula is C52H84N2S4Sn2. The first kappa shape index (κ1) is 51.0. The second-order valence-corrected chi connectivity index (χ2v) is 54.9. The molecule has 0 aliphatic carbocycles. The number of hydrogen-bond donors (Lipinski definition) is 0. The number of aryl methyl sites for hydroxylation is 3. The number of fused-ring (bicyclic) bond motifs is 2. The van der Waals surface area contributed by atoms with Gasteiger partial charge in [0.1, 0.15) is 0 Å². The average molecular weight is 1100 g/mol. The number of unbranched alkanes of at least 4 members (excludes halogenated alkanes) is 21. The van der Waals surface area contributed by atoms with E-state index in [4.69, 9.17) is 9.97 Å². The molecule has 5 rings (SSSR count). The molecule has 0 atom stereocenters. The zero-order valence-electron chi connectivity index (χ0n) is 39.9. The maximum absolute atomic E-state index is 5.58. The number of thiazole rings is 2. The summed E-state index contributed by atoms with van der Waals surface area (Å²) in [7, 11) is 0. The van der Waals surface area contributed by atoms with Gasteiger partial charge in [-0.2, -0.15) is 0 Å². The van der Waals surface area contributed by atoms with Crippen LogP contribution in [0.3, 0.4) is 0 Å². The molecule has 0 saturated carbocycles. The van der Waals surface area contributed by atoms with Crippen molar-refractivity contribution in [2.45, 2.75) is 224 Å². The van der Waals surface area contributed by atoms with Crippen LogP contribution in [0.5, 0.6) is 0 Å². The number of aromatic nitrogens is 2. The van der Waals surface area contributed by atoms with Gasteiger partial charge in [0.2, 0.25) is 0 Å². The number of hydrogen-bond acceptors (Lipinski definition) is 6. The topological polar surface area (TPSA) is 25.8 Å². The molecular weight excluding hydrogens is 1020 g/mol. The Bertz CT molecular complexity index is 1850. The fraction of sp³-hybridized carbons (Fsp3) is 0.692. The molecule has 0 bridgehead atoms. The Labute approximate surface area is 392 Å². The van der Waals surface area contributed by atoms with E-state index in [-0.39, 0.29) is 0 Å². The Balaban J connectivity index is 1.33. The predicted molar refractivity (Wildman–Crippen MR) is 284 cm³/mol. The van der Waals surface area contributed by atoms with Gasteiger partial charge in [-0.1, -0.05) is 33.6 Å². The van der Waals surface area contributed by atoms with E-state index < -0.39 is 36.8 Å². The Morgan fingerprint density at radius 2 is 0.800 bits per heavy atom. The molecule has 60 heavy (non-hydrogen) atoms. The van der Waals surface area contributed by atoms with E-state index >= 15 is 0 Å². The minimum absolute atomic E-state index is 1.11. The second-order valence-electron chi connectivity index (χ2n) is 20.2. The zero-order valence-corrected chi connectivity index (χ0v) is 48.8.